The van der Waals surface area contributed by atoms with Gasteiger partial charge in [-0.1, -0.05) is 30.3 Å². The number of benzene rings is 1. The van der Waals surface area contributed by atoms with Gasteiger partial charge >= 0.3 is 0 Å². The van der Waals surface area contributed by atoms with Gasteiger partial charge in [-0.25, -0.2) is 0 Å². The van der Waals surface area contributed by atoms with E-state index in [9.17, 15) is 5.26 Å². The van der Waals surface area contributed by atoms with Gasteiger partial charge in [-0.15, -0.1) is 0 Å². The van der Waals surface area contributed by atoms with E-state index in [2.05, 4.69) is 36.9 Å². The van der Waals surface area contributed by atoms with Gasteiger partial charge < -0.3 is 0 Å². The van der Waals surface area contributed by atoms with Crippen molar-refractivity contribution < 1.29 is 0 Å². The molecule has 0 bridgehead atoms. The Morgan fingerprint density at radius 1 is 1.27 bits per heavy atom. The molecule has 0 N–H and O–H groups in total. The molecule has 0 saturated carbocycles. The number of rotatable bonds is 2. The van der Waals surface area contributed by atoms with Gasteiger partial charge in [-0.05, 0) is 19.4 Å². The van der Waals surface area contributed by atoms with Gasteiger partial charge in [-0.2, -0.15) is 5.26 Å². The Hall–Kier alpha value is -1.33. The first-order valence-corrected chi connectivity index (χ1v) is 5.39. The summed E-state index contributed by atoms with van der Waals surface area (Å²) in [6.07, 6.45) is 0. The van der Waals surface area contributed by atoms with Crippen LogP contribution in [0.15, 0.2) is 30.3 Å². The maximum absolute atomic E-state index is 9.31. The van der Waals surface area contributed by atoms with Crippen LogP contribution < -0.4 is 0 Å². The highest BCUT2D eigenvalue weighted by molar-refractivity contribution is 5.37. The van der Waals surface area contributed by atoms with Crippen molar-refractivity contribution in [1.29, 1.82) is 5.26 Å². The molecule has 1 heterocycles. The molecule has 15 heavy (non-hydrogen) atoms. The topological polar surface area (TPSA) is 27.0 Å². The molecule has 0 amide bonds. The first kappa shape index (κ1) is 10.2. The van der Waals surface area contributed by atoms with E-state index in [1.807, 2.05) is 18.2 Å². The minimum absolute atomic E-state index is 0.258. The Balaban J connectivity index is 2.19. The van der Waals surface area contributed by atoms with E-state index in [4.69, 9.17) is 0 Å². The van der Waals surface area contributed by atoms with E-state index in [1.54, 1.807) is 0 Å². The monoisotopic (exact) mass is 200 g/mol. The highest BCUT2D eigenvalue weighted by Gasteiger charge is 2.45. The largest absolute Gasteiger partial charge is 0.297 e. The van der Waals surface area contributed by atoms with E-state index >= 15 is 0 Å². The lowest BCUT2D eigenvalue weighted by Gasteiger charge is -2.48. The summed E-state index contributed by atoms with van der Waals surface area (Å²) in [7, 11) is 0. The number of likely N-dealkylation sites (tertiary alicyclic amines) is 1. The molecule has 1 saturated heterocycles. The van der Waals surface area contributed by atoms with Gasteiger partial charge in [0, 0.05) is 19.1 Å². The van der Waals surface area contributed by atoms with Crippen LogP contribution in [0, 0.1) is 11.3 Å². The summed E-state index contributed by atoms with van der Waals surface area (Å²) in [6, 6.07) is 13.1. The predicted octanol–water partition coefficient (Wildman–Crippen LogP) is 2.17. The molecule has 2 nitrogen and oxygen atoms in total. The number of nitrogens with zero attached hydrogens (tertiary/aromatic N) is 2. The van der Waals surface area contributed by atoms with Crippen molar-refractivity contribution in [2.45, 2.75) is 25.3 Å². The summed E-state index contributed by atoms with van der Waals surface area (Å²) in [6.45, 7) is 6.08. The standard InChI is InChI=1S/C13H16N2/c1-11(2)15-9-13(8-14,10-15)12-6-4-3-5-7-12/h3-7,11H,9-10H2,1-2H3. The Bertz CT molecular complexity index is 369. The van der Waals surface area contributed by atoms with Crippen LogP contribution in [0.5, 0.6) is 0 Å². The van der Waals surface area contributed by atoms with Crippen molar-refractivity contribution in [3.63, 3.8) is 0 Å². The normalized spacial score (nSPS) is 19.6. The lowest BCUT2D eigenvalue weighted by atomic mass is 9.74. The Labute approximate surface area is 91.1 Å². The van der Waals surface area contributed by atoms with Crippen LogP contribution in [0.2, 0.25) is 0 Å². The third kappa shape index (κ3) is 1.64. The first-order chi connectivity index (χ1) is 7.18. The summed E-state index contributed by atoms with van der Waals surface area (Å²) < 4.78 is 0. The van der Waals surface area contributed by atoms with Crippen LogP contribution in [0.1, 0.15) is 19.4 Å². The number of hydrogen-bond acceptors (Lipinski definition) is 2. The minimum atomic E-state index is -0.258. The molecule has 2 rings (SSSR count). The first-order valence-electron chi connectivity index (χ1n) is 5.39. The second-order valence-electron chi connectivity index (χ2n) is 4.56. The fourth-order valence-corrected chi connectivity index (χ4v) is 2.09. The fraction of sp³-hybridized carbons (Fsp3) is 0.462. The summed E-state index contributed by atoms with van der Waals surface area (Å²) >= 11 is 0. The Morgan fingerprint density at radius 2 is 1.87 bits per heavy atom. The maximum atomic E-state index is 9.31. The van der Waals surface area contributed by atoms with Gasteiger partial charge in [0.15, 0.2) is 0 Å². The SMILES string of the molecule is CC(C)N1CC(C#N)(c2ccccc2)C1. The fourth-order valence-electron chi connectivity index (χ4n) is 2.09. The van der Waals surface area contributed by atoms with E-state index in [-0.39, 0.29) is 5.41 Å². The molecule has 1 aromatic rings. The highest BCUT2D eigenvalue weighted by atomic mass is 15.2. The van der Waals surface area contributed by atoms with Crippen LogP contribution in [-0.2, 0) is 5.41 Å². The zero-order valence-electron chi connectivity index (χ0n) is 9.27. The molecule has 0 unspecified atom stereocenters. The van der Waals surface area contributed by atoms with Crippen molar-refractivity contribution >= 4 is 0 Å². The molecular formula is C13H16N2. The van der Waals surface area contributed by atoms with Crippen LogP contribution in [-0.4, -0.2) is 24.0 Å². The van der Waals surface area contributed by atoms with Crippen molar-refractivity contribution in [3.8, 4) is 6.07 Å². The smallest absolute Gasteiger partial charge is 0.107 e. The van der Waals surface area contributed by atoms with Gasteiger partial charge in [0.2, 0.25) is 0 Å². The lowest BCUT2D eigenvalue weighted by molar-refractivity contribution is 0.0702. The number of nitriles is 1. The Morgan fingerprint density at radius 3 is 2.33 bits per heavy atom. The van der Waals surface area contributed by atoms with Gasteiger partial charge in [0.05, 0.1) is 6.07 Å². The maximum Gasteiger partial charge on any atom is 0.107 e. The quantitative estimate of drug-likeness (QED) is 0.731. The van der Waals surface area contributed by atoms with Crippen molar-refractivity contribution in [1.82, 2.24) is 4.90 Å². The molecule has 0 aromatic heterocycles. The molecule has 1 aliphatic heterocycles. The second-order valence-corrected chi connectivity index (χ2v) is 4.56. The van der Waals surface area contributed by atoms with E-state index in [0.29, 0.717) is 6.04 Å². The van der Waals surface area contributed by atoms with Gasteiger partial charge in [0.25, 0.3) is 0 Å². The average Bonchev–Trinajstić information content (AvgIpc) is 2.18. The molecule has 0 aliphatic carbocycles. The molecule has 0 radical (unpaired) electrons. The molecule has 78 valence electrons. The zero-order valence-corrected chi connectivity index (χ0v) is 9.27. The molecule has 0 atom stereocenters. The molecular weight excluding hydrogens is 184 g/mol. The average molecular weight is 200 g/mol. The van der Waals surface area contributed by atoms with Crippen molar-refractivity contribution in [2.24, 2.45) is 0 Å². The summed E-state index contributed by atoms with van der Waals surface area (Å²) in [5.74, 6) is 0. The second kappa shape index (κ2) is 3.67. The summed E-state index contributed by atoms with van der Waals surface area (Å²) in [5, 5.41) is 9.31. The third-order valence-electron chi connectivity index (χ3n) is 3.22. The molecule has 0 spiro atoms. The zero-order chi connectivity index (χ0) is 10.9. The van der Waals surface area contributed by atoms with E-state index in [0.717, 1.165) is 18.7 Å². The molecule has 2 heteroatoms. The molecule has 1 fully saturated rings. The van der Waals surface area contributed by atoms with Gasteiger partial charge in [0.1, 0.15) is 5.41 Å². The van der Waals surface area contributed by atoms with E-state index < -0.39 is 0 Å². The predicted molar refractivity (Wildman–Crippen MR) is 60.4 cm³/mol. The Kier molecular flexibility index (Phi) is 2.50. The van der Waals surface area contributed by atoms with Crippen molar-refractivity contribution in [3.05, 3.63) is 35.9 Å². The van der Waals surface area contributed by atoms with E-state index in [1.165, 1.54) is 0 Å². The number of hydrogen-bond donors (Lipinski definition) is 0. The third-order valence-corrected chi connectivity index (χ3v) is 3.22. The highest BCUT2D eigenvalue weighted by Crippen LogP contribution is 2.34. The summed E-state index contributed by atoms with van der Waals surface area (Å²) in [4.78, 5) is 2.33. The minimum Gasteiger partial charge on any atom is -0.297 e. The molecule has 1 aromatic carbocycles. The van der Waals surface area contributed by atoms with Crippen LogP contribution in [0.3, 0.4) is 0 Å². The van der Waals surface area contributed by atoms with Crippen LogP contribution in [0.25, 0.3) is 0 Å². The lowest BCUT2D eigenvalue weighted by Crippen LogP contribution is -2.60. The van der Waals surface area contributed by atoms with Crippen LogP contribution >= 0.6 is 0 Å². The summed E-state index contributed by atoms with van der Waals surface area (Å²) in [5.41, 5.74) is 0.898. The van der Waals surface area contributed by atoms with Gasteiger partial charge in [-0.3, -0.25) is 4.90 Å². The molecule has 1 aliphatic rings. The van der Waals surface area contributed by atoms with Crippen molar-refractivity contribution in [2.75, 3.05) is 13.1 Å². The van der Waals surface area contributed by atoms with Crippen LogP contribution in [0.4, 0.5) is 0 Å².